The number of nitrogens with zero attached hydrogens (tertiary/aromatic N) is 2. The van der Waals surface area contributed by atoms with Crippen molar-refractivity contribution in [3.63, 3.8) is 0 Å². The lowest BCUT2D eigenvalue weighted by Gasteiger charge is -2.32. The maximum Gasteiger partial charge on any atom is 0.328 e. The molecule has 6 nitrogen and oxygen atoms in total. The Labute approximate surface area is 168 Å². The van der Waals surface area contributed by atoms with Gasteiger partial charge in [0.25, 0.3) is 5.56 Å². The number of rotatable bonds is 5. The van der Waals surface area contributed by atoms with E-state index in [9.17, 15) is 14.4 Å². The second-order valence-electron chi connectivity index (χ2n) is 7.70. The van der Waals surface area contributed by atoms with Crippen LogP contribution in [-0.2, 0) is 17.8 Å². The third kappa shape index (κ3) is 4.31. The highest BCUT2D eigenvalue weighted by atomic mass is 16.2. The molecule has 1 N–H and O–H groups in total. The Morgan fingerprint density at radius 3 is 2.41 bits per heavy atom. The van der Waals surface area contributed by atoms with Gasteiger partial charge in [-0.15, -0.1) is 0 Å². The molecule has 0 saturated carbocycles. The molecule has 6 heteroatoms. The maximum absolute atomic E-state index is 12.6. The van der Waals surface area contributed by atoms with Crippen LogP contribution in [0.3, 0.4) is 0 Å². The van der Waals surface area contributed by atoms with E-state index in [1.54, 1.807) is 24.3 Å². The highest BCUT2D eigenvalue weighted by Crippen LogP contribution is 2.22. The normalized spacial score (nSPS) is 15.0. The summed E-state index contributed by atoms with van der Waals surface area (Å²) in [6, 6.07) is 17.4. The van der Waals surface area contributed by atoms with Crippen LogP contribution in [0.4, 0.5) is 0 Å². The number of fused-ring (bicyclic) bond motifs is 1. The fourth-order valence-electron chi connectivity index (χ4n) is 4.10. The van der Waals surface area contributed by atoms with E-state index in [1.807, 2.05) is 11.0 Å². The minimum Gasteiger partial charge on any atom is -0.343 e. The van der Waals surface area contributed by atoms with Gasteiger partial charge in [-0.25, -0.2) is 4.79 Å². The zero-order chi connectivity index (χ0) is 20.2. The van der Waals surface area contributed by atoms with E-state index in [2.05, 4.69) is 29.2 Å². The van der Waals surface area contributed by atoms with Crippen molar-refractivity contribution >= 4 is 16.8 Å². The molecule has 2 heterocycles. The number of hydrogen-bond donors (Lipinski definition) is 1. The number of nitrogens with one attached hydrogen (secondary N) is 1. The molecule has 1 amide bonds. The molecule has 3 aromatic rings. The number of piperidine rings is 1. The lowest BCUT2D eigenvalue weighted by Crippen LogP contribution is -2.41. The number of hydrogen-bond acceptors (Lipinski definition) is 3. The quantitative estimate of drug-likeness (QED) is 0.726. The third-order valence-corrected chi connectivity index (χ3v) is 5.77. The largest absolute Gasteiger partial charge is 0.343 e. The van der Waals surface area contributed by atoms with Crippen LogP contribution >= 0.6 is 0 Å². The molecule has 29 heavy (non-hydrogen) atoms. The number of likely N-dealkylation sites (tertiary alicyclic amines) is 1. The molecule has 4 rings (SSSR count). The van der Waals surface area contributed by atoms with E-state index in [0.29, 0.717) is 16.8 Å². The van der Waals surface area contributed by atoms with E-state index >= 15 is 0 Å². The molecule has 2 aromatic carbocycles. The van der Waals surface area contributed by atoms with Gasteiger partial charge in [0.2, 0.25) is 5.91 Å². The summed E-state index contributed by atoms with van der Waals surface area (Å²) in [6.07, 6.45) is 3.17. The fraction of sp³-hybridized carbons (Fsp3) is 0.348. The Morgan fingerprint density at radius 2 is 1.66 bits per heavy atom. The molecule has 1 aliphatic rings. The van der Waals surface area contributed by atoms with Crippen molar-refractivity contribution in [3.05, 3.63) is 81.0 Å². The third-order valence-electron chi connectivity index (χ3n) is 5.77. The Morgan fingerprint density at radius 1 is 0.966 bits per heavy atom. The van der Waals surface area contributed by atoms with Crippen LogP contribution in [0.1, 0.15) is 24.8 Å². The number of carbonyl (C=O) groups is 1. The van der Waals surface area contributed by atoms with Crippen molar-refractivity contribution < 1.29 is 4.79 Å². The van der Waals surface area contributed by atoms with Gasteiger partial charge < -0.3 is 9.88 Å². The Kier molecular flexibility index (Phi) is 5.60. The molecule has 0 aliphatic carbocycles. The second-order valence-corrected chi connectivity index (χ2v) is 7.70. The minimum absolute atomic E-state index is 0.00243. The summed E-state index contributed by atoms with van der Waals surface area (Å²) < 4.78 is 1.13. The summed E-state index contributed by atoms with van der Waals surface area (Å²) in [4.78, 5) is 42.0. The summed E-state index contributed by atoms with van der Waals surface area (Å²) in [5, 5.41) is 0.460. The lowest BCUT2D eigenvalue weighted by molar-refractivity contribution is -0.132. The van der Waals surface area contributed by atoms with Crippen molar-refractivity contribution in [3.8, 4) is 0 Å². The summed E-state index contributed by atoms with van der Waals surface area (Å²) in [7, 11) is 0. The summed E-state index contributed by atoms with van der Waals surface area (Å²) in [5.74, 6) is 0.593. The summed E-state index contributed by atoms with van der Waals surface area (Å²) in [6.45, 7) is 1.57. The van der Waals surface area contributed by atoms with Gasteiger partial charge in [0.05, 0.1) is 10.9 Å². The predicted octanol–water partition coefficient (Wildman–Crippen LogP) is 2.56. The van der Waals surface area contributed by atoms with E-state index < -0.39 is 5.69 Å². The molecule has 1 aromatic heterocycles. The SMILES string of the molecule is O=C(CCn1c(=O)[nH]c2ccccc2c1=O)N1CCC(Cc2ccccc2)CC1. The number of aromatic amines is 1. The predicted molar refractivity (Wildman–Crippen MR) is 113 cm³/mol. The molecule has 0 spiro atoms. The number of aromatic nitrogens is 2. The number of carbonyl (C=O) groups excluding carboxylic acids is 1. The van der Waals surface area contributed by atoms with E-state index in [0.717, 1.165) is 36.9 Å². The van der Waals surface area contributed by atoms with Crippen LogP contribution in [0.25, 0.3) is 10.9 Å². The molecule has 0 atom stereocenters. The van der Waals surface area contributed by atoms with E-state index in [4.69, 9.17) is 0 Å². The van der Waals surface area contributed by atoms with Gasteiger partial charge in [-0.05, 0) is 42.9 Å². The zero-order valence-electron chi connectivity index (χ0n) is 16.3. The van der Waals surface area contributed by atoms with Gasteiger partial charge in [0, 0.05) is 26.1 Å². The highest BCUT2D eigenvalue weighted by Gasteiger charge is 2.23. The van der Waals surface area contributed by atoms with Crippen molar-refractivity contribution in [2.45, 2.75) is 32.2 Å². The first-order valence-electron chi connectivity index (χ1n) is 10.2. The van der Waals surface area contributed by atoms with Crippen LogP contribution in [-0.4, -0.2) is 33.4 Å². The smallest absolute Gasteiger partial charge is 0.328 e. The van der Waals surface area contributed by atoms with Crippen LogP contribution in [0.15, 0.2) is 64.2 Å². The van der Waals surface area contributed by atoms with Gasteiger partial charge in [-0.1, -0.05) is 42.5 Å². The van der Waals surface area contributed by atoms with Gasteiger partial charge in [0.15, 0.2) is 0 Å². The van der Waals surface area contributed by atoms with Crippen molar-refractivity contribution in [2.75, 3.05) is 13.1 Å². The number of amides is 1. The Balaban J connectivity index is 1.35. The summed E-state index contributed by atoms with van der Waals surface area (Å²) in [5.41, 5.74) is 1.04. The molecule has 0 unspecified atom stereocenters. The van der Waals surface area contributed by atoms with Gasteiger partial charge >= 0.3 is 5.69 Å². The number of H-pyrrole nitrogens is 1. The van der Waals surface area contributed by atoms with Crippen molar-refractivity contribution in [1.29, 1.82) is 0 Å². The van der Waals surface area contributed by atoms with E-state index in [-0.39, 0.29) is 24.4 Å². The maximum atomic E-state index is 12.6. The van der Waals surface area contributed by atoms with E-state index in [1.165, 1.54) is 5.56 Å². The van der Waals surface area contributed by atoms with Gasteiger partial charge in [-0.2, -0.15) is 0 Å². The number of para-hydroxylation sites is 1. The van der Waals surface area contributed by atoms with Crippen molar-refractivity contribution in [2.24, 2.45) is 5.92 Å². The monoisotopic (exact) mass is 391 g/mol. The Hall–Kier alpha value is -3.15. The molecular weight excluding hydrogens is 366 g/mol. The number of benzene rings is 2. The highest BCUT2D eigenvalue weighted by molar-refractivity contribution is 5.77. The van der Waals surface area contributed by atoms with Gasteiger partial charge in [0.1, 0.15) is 0 Å². The molecule has 0 radical (unpaired) electrons. The summed E-state index contributed by atoms with van der Waals surface area (Å²) >= 11 is 0. The zero-order valence-corrected chi connectivity index (χ0v) is 16.3. The molecular formula is C23H25N3O3. The van der Waals surface area contributed by atoms with Crippen molar-refractivity contribution in [1.82, 2.24) is 14.5 Å². The van der Waals surface area contributed by atoms with Crippen LogP contribution in [0, 0.1) is 5.92 Å². The average Bonchev–Trinajstić information content (AvgIpc) is 2.75. The minimum atomic E-state index is -0.469. The van der Waals surface area contributed by atoms with Crippen LogP contribution in [0.2, 0.25) is 0 Å². The second kappa shape index (κ2) is 8.47. The standard InChI is InChI=1S/C23H25N3O3/c27-21(25-13-10-18(11-14-25)16-17-6-2-1-3-7-17)12-15-26-22(28)19-8-4-5-9-20(19)24-23(26)29/h1-9,18H,10-16H2,(H,24,29). The van der Waals surface area contributed by atoms with Crippen LogP contribution < -0.4 is 11.2 Å². The molecule has 150 valence electrons. The fourth-order valence-corrected chi connectivity index (χ4v) is 4.10. The molecule has 0 bridgehead atoms. The first kappa shape index (κ1) is 19.2. The topological polar surface area (TPSA) is 75.2 Å². The van der Waals surface area contributed by atoms with Crippen LogP contribution in [0.5, 0.6) is 0 Å². The first-order chi connectivity index (χ1) is 14.1. The molecule has 1 aliphatic heterocycles. The average molecular weight is 391 g/mol. The molecule has 1 fully saturated rings. The lowest BCUT2D eigenvalue weighted by atomic mass is 9.90. The van der Waals surface area contributed by atoms with Gasteiger partial charge in [-0.3, -0.25) is 14.2 Å². The Bertz CT molecular complexity index is 1110. The first-order valence-corrected chi connectivity index (χ1v) is 10.2. The molecule has 1 saturated heterocycles.